The van der Waals surface area contributed by atoms with Gasteiger partial charge in [0.15, 0.2) is 6.61 Å². The smallest absolute Gasteiger partial charge is 0.262 e. The summed E-state index contributed by atoms with van der Waals surface area (Å²) in [6.07, 6.45) is 0. The minimum atomic E-state index is -1.42. The van der Waals surface area contributed by atoms with Crippen LogP contribution in [-0.2, 0) is 10.5 Å². The average molecular weight is 209 g/mol. The summed E-state index contributed by atoms with van der Waals surface area (Å²) >= 11 is 0. The molecule has 1 aromatic rings. The molecule has 1 heterocycles. The fourth-order valence-electron chi connectivity index (χ4n) is 1.45. The molecule has 0 aromatic heterocycles. The summed E-state index contributed by atoms with van der Waals surface area (Å²) in [7, 11) is 0. The number of ether oxygens (including phenoxy) is 1. The molecule has 0 aliphatic carbocycles. The van der Waals surface area contributed by atoms with Gasteiger partial charge in [-0.2, -0.15) is 0 Å². The number of benzene rings is 1. The number of alkyl halides is 1. The molecule has 0 bridgehead atoms. The lowest BCUT2D eigenvalue weighted by Crippen LogP contribution is -2.25. The van der Waals surface area contributed by atoms with Gasteiger partial charge < -0.3 is 10.1 Å². The zero-order valence-corrected chi connectivity index (χ0v) is 8.63. The molecule has 15 heavy (non-hydrogen) atoms. The number of amides is 1. The highest BCUT2D eigenvalue weighted by Crippen LogP contribution is 2.33. The Kier molecular flexibility index (Phi) is 2.14. The van der Waals surface area contributed by atoms with Gasteiger partial charge >= 0.3 is 0 Å². The Hall–Kier alpha value is -1.58. The molecular weight excluding hydrogens is 197 g/mol. The summed E-state index contributed by atoms with van der Waals surface area (Å²) in [4.78, 5) is 11.1. The quantitative estimate of drug-likeness (QED) is 0.770. The lowest BCUT2D eigenvalue weighted by Gasteiger charge is -2.21. The van der Waals surface area contributed by atoms with Gasteiger partial charge in [-0.25, -0.2) is 4.39 Å². The molecule has 0 saturated heterocycles. The molecule has 1 aliphatic rings. The Balaban J connectivity index is 2.41. The Morgan fingerprint density at radius 1 is 1.47 bits per heavy atom. The summed E-state index contributed by atoms with van der Waals surface area (Å²) in [5.74, 6) is 0.374. The van der Waals surface area contributed by atoms with E-state index in [1.54, 1.807) is 18.2 Å². The van der Waals surface area contributed by atoms with Crippen molar-refractivity contribution in [2.45, 2.75) is 19.5 Å². The van der Waals surface area contributed by atoms with Gasteiger partial charge in [-0.3, -0.25) is 4.79 Å². The molecule has 1 amide bonds. The van der Waals surface area contributed by atoms with E-state index in [2.05, 4.69) is 5.32 Å². The Bertz CT molecular complexity index is 410. The molecule has 1 N–H and O–H groups in total. The second-order valence-corrected chi connectivity index (χ2v) is 4.02. The van der Waals surface area contributed by atoms with E-state index in [0.29, 0.717) is 17.0 Å². The maximum absolute atomic E-state index is 13.6. The lowest BCUT2D eigenvalue weighted by atomic mass is 9.99. The van der Waals surface area contributed by atoms with Crippen LogP contribution in [0, 0.1) is 0 Å². The van der Waals surface area contributed by atoms with E-state index >= 15 is 0 Å². The van der Waals surface area contributed by atoms with E-state index in [-0.39, 0.29) is 12.5 Å². The molecule has 1 aliphatic heterocycles. The van der Waals surface area contributed by atoms with Crippen LogP contribution in [0.1, 0.15) is 19.4 Å². The monoisotopic (exact) mass is 209 g/mol. The van der Waals surface area contributed by atoms with Crippen LogP contribution in [0.25, 0.3) is 0 Å². The van der Waals surface area contributed by atoms with Crippen molar-refractivity contribution in [3.63, 3.8) is 0 Å². The third kappa shape index (κ3) is 1.93. The predicted octanol–water partition coefficient (Wildman–Crippen LogP) is 2.22. The second-order valence-electron chi connectivity index (χ2n) is 4.02. The lowest BCUT2D eigenvalue weighted by molar-refractivity contribution is -0.118. The standard InChI is InChI=1S/C11H12FNO2/c1-11(2,12)7-3-4-9-8(5-7)13-10(14)6-15-9/h3-5H,6H2,1-2H3,(H,13,14). The first kappa shape index (κ1) is 9.96. The third-order valence-corrected chi connectivity index (χ3v) is 2.30. The molecule has 0 spiro atoms. The second kappa shape index (κ2) is 3.22. The fraction of sp³-hybridized carbons (Fsp3) is 0.364. The summed E-state index contributed by atoms with van der Waals surface area (Å²) in [5.41, 5.74) is -0.362. The first-order valence-corrected chi connectivity index (χ1v) is 4.73. The topological polar surface area (TPSA) is 38.3 Å². The van der Waals surface area contributed by atoms with Crippen LogP contribution in [0.3, 0.4) is 0 Å². The van der Waals surface area contributed by atoms with E-state index in [1.165, 1.54) is 13.8 Å². The number of anilines is 1. The van der Waals surface area contributed by atoms with Gasteiger partial charge in [0, 0.05) is 0 Å². The van der Waals surface area contributed by atoms with Crippen molar-refractivity contribution in [1.29, 1.82) is 0 Å². The highest BCUT2D eigenvalue weighted by Gasteiger charge is 2.22. The average Bonchev–Trinajstić information content (AvgIpc) is 2.15. The number of hydrogen-bond acceptors (Lipinski definition) is 2. The van der Waals surface area contributed by atoms with Crippen LogP contribution < -0.4 is 10.1 Å². The van der Waals surface area contributed by atoms with Gasteiger partial charge in [-0.1, -0.05) is 6.07 Å². The van der Waals surface area contributed by atoms with E-state index in [9.17, 15) is 9.18 Å². The highest BCUT2D eigenvalue weighted by molar-refractivity contribution is 5.95. The third-order valence-electron chi connectivity index (χ3n) is 2.30. The number of nitrogens with one attached hydrogen (secondary N) is 1. The van der Waals surface area contributed by atoms with Crippen LogP contribution in [0.4, 0.5) is 10.1 Å². The summed E-state index contributed by atoms with van der Waals surface area (Å²) in [6, 6.07) is 4.94. The van der Waals surface area contributed by atoms with Gasteiger partial charge in [0.1, 0.15) is 11.4 Å². The van der Waals surface area contributed by atoms with Crippen LogP contribution in [0.2, 0.25) is 0 Å². The van der Waals surface area contributed by atoms with Gasteiger partial charge in [0.05, 0.1) is 5.69 Å². The molecule has 80 valence electrons. The summed E-state index contributed by atoms with van der Waals surface area (Å²) in [5, 5.41) is 2.64. The SMILES string of the molecule is CC(C)(F)c1ccc2c(c1)NC(=O)CO2. The number of fused-ring (bicyclic) bond motifs is 1. The molecule has 0 fully saturated rings. The van der Waals surface area contributed by atoms with Crippen molar-refractivity contribution in [1.82, 2.24) is 0 Å². The van der Waals surface area contributed by atoms with Crippen LogP contribution in [-0.4, -0.2) is 12.5 Å². The van der Waals surface area contributed by atoms with Crippen molar-refractivity contribution in [2.75, 3.05) is 11.9 Å². The summed E-state index contributed by atoms with van der Waals surface area (Å²) < 4.78 is 18.8. The molecule has 0 radical (unpaired) electrons. The number of hydrogen-bond donors (Lipinski definition) is 1. The highest BCUT2D eigenvalue weighted by atomic mass is 19.1. The van der Waals surface area contributed by atoms with Gasteiger partial charge in [-0.05, 0) is 31.5 Å². The van der Waals surface area contributed by atoms with Gasteiger partial charge in [-0.15, -0.1) is 0 Å². The van der Waals surface area contributed by atoms with Crippen molar-refractivity contribution in [3.05, 3.63) is 23.8 Å². The van der Waals surface area contributed by atoms with Gasteiger partial charge in [0.2, 0.25) is 0 Å². The Labute approximate surface area is 87.2 Å². The molecule has 2 rings (SSSR count). The maximum atomic E-state index is 13.6. The van der Waals surface area contributed by atoms with Crippen molar-refractivity contribution in [2.24, 2.45) is 0 Å². The fourth-order valence-corrected chi connectivity index (χ4v) is 1.45. The maximum Gasteiger partial charge on any atom is 0.262 e. The largest absolute Gasteiger partial charge is 0.482 e. The van der Waals surface area contributed by atoms with Crippen molar-refractivity contribution in [3.8, 4) is 5.75 Å². The Morgan fingerprint density at radius 3 is 2.87 bits per heavy atom. The minimum Gasteiger partial charge on any atom is -0.482 e. The minimum absolute atomic E-state index is 0.0192. The molecule has 0 saturated carbocycles. The number of halogens is 1. The van der Waals surface area contributed by atoms with Gasteiger partial charge in [0.25, 0.3) is 5.91 Å². The molecule has 3 nitrogen and oxygen atoms in total. The van der Waals surface area contributed by atoms with Crippen LogP contribution in [0.15, 0.2) is 18.2 Å². The molecule has 4 heteroatoms. The molecular formula is C11H12FNO2. The first-order chi connectivity index (χ1) is 6.97. The number of rotatable bonds is 1. The van der Waals surface area contributed by atoms with Crippen LogP contribution in [0.5, 0.6) is 5.75 Å². The van der Waals surface area contributed by atoms with E-state index < -0.39 is 5.67 Å². The number of carbonyl (C=O) groups excluding carboxylic acids is 1. The first-order valence-electron chi connectivity index (χ1n) is 4.73. The zero-order chi connectivity index (χ0) is 11.1. The molecule has 0 unspecified atom stereocenters. The predicted molar refractivity (Wildman–Crippen MR) is 54.7 cm³/mol. The number of carbonyl (C=O) groups is 1. The molecule has 1 aromatic carbocycles. The molecule has 0 atom stereocenters. The van der Waals surface area contributed by atoms with Crippen LogP contribution >= 0.6 is 0 Å². The van der Waals surface area contributed by atoms with E-state index in [4.69, 9.17) is 4.74 Å². The normalized spacial score (nSPS) is 15.3. The zero-order valence-electron chi connectivity index (χ0n) is 8.63. The van der Waals surface area contributed by atoms with Crippen molar-refractivity contribution < 1.29 is 13.9 Å². The summed E-state index contributed by atoms with van der Waals surface area (Å²) in [6.45, 7) is 2.96. The Morgan fingerprint density at radius 2 is 2.20 bits per heavy atom. The van der Waals surface area contributed by atoms with Crippen molar-refractivity contribution >= 4 is 11.6 Å². The van der Waals surface area contributed by atoms with E-state index in [0.717, 1.165) is 0 Å². The van der Waals surface area contributed by atoms with E-state index in [1.807, 2.05) is 0 Å².